The smallest absolute Gasteiger partial charge is 0.0871 e. The Kier molecular flexibility index (Phi) is 5.55. The average Bonchev–Trinajstić information content (AvgIpc) is 2.30. The van der Waals surface area contributed by atoms with E-state index in [0.29, 0.717) is 13.0 Å². The summed E-state index contributed by atoms with van der Waals surface area (Å²) in [5.41, 5.74) is 1.20. The molecule has 0 spiro atoms. The van der Waals surface area contributed by atoms with Gasteiger partial charge < -0.3 is 5.11 Å². The van der Waals surface area contributed by atoms with E-state index in [1.54, 1.807) is 0 Å². The first kappa shape index (κ1) is 12.7. The van der Waals surface area contributed by atoms with Crippen molar-refractivity contribution in [3.63, 3.8) is 0 Å². The van der Waals surface area contributed by atoms with Gasteiger partial charge in [-0.05, 0) is 18.9 Å². The zero-order valence-electron chi connectivity index (χ0n) is 9.63. The Balaban J connectivity index is 2.61. The SMILES string of the molecule is CC(CCO)N(CC#N)Cc1ccccc1. The number of aliphatic hydroxyl groups is 1. The topological polar surface area (TPSA) is 47.3 Å². The van der Waals surface area contributed by atoms with Crippen LogP contribution in [0.2, 0.25) is 0 Å². The van der Waals surface area contributed by atoms with E-state index in [2.05, 4.69) is 23.1 Å². The van der Waals surface area contributed by atoms with Crippen molar-refractivity contribution in [3.05, 3.63) is 35.9 Å². The molecule has 3 nitrogen and oxygen atoms in total. The lowest BCUT2D eigenvalue weighted by Gasteiger charge is -2.26. The van der Waals surface area contributed by atoms with Crippen molar-refractivity contribution in [2.45, 2.75) is 25.9 Å². The van der Waals surface area contributed by atoms with Gasteiger partial charge in [0.15, 0.2) is 0 Å². The molecule has 3 heteroatoms. The van der Waals surface area contributed by atoms with E-state index in [-0.39, 0.29) is 12.6 Å². The summed E-state index contributed by atoms with van der Waals surface area (Å²) in [5.74, 6) is 0. The maximum Gasteiger partial charge on any atom is 0.0871 e. The maximum atomic E-state index is 8.91. The molecule has 1 rings (SSSR count). The normalized spacial score (nSPS) is 12.4. The second kappa shape index (κ2) is 7.00. The van der Waals surface area contributed by atoms with Gasteiger partial charge >= 0.3 is 0 Å². The largest absolute Gasteiger partial charge is 0.396 e. The van der Waals surface area contributed by atoms with Crippen LogP contribution in [0.15, 0.2) is 30.3 Å². The van der Waals surface area contributed by atoms with Gasteiger partial charge in [-0.2, -0.15) is 5.26 Å². The summed E-state index contributed by atoms with van der Waals surface area (Å²) >= 11 is 0. The summed E-state index contributed by atoms with van der Waals surface area (Å²) in [5, 5.41) is 17.7. The van der Waals surface area contributed by atoms with Gasteiger partial charge in [-0.3, -0.25) is 4.90 Å². The van der Waals surface area contributed by atoms with Crippen molar-refractivity contribution >= 4 is 0 Å². The second-order valence-electron chi connectivity index (χ2n) is 3.91. The lowest BCUT2D eigenvalue weighted by Crippen LogP contribution is -2.33. The first-order chi connectivity index (χ1) is 7.77. The highest BCUT2D eigenvalue weighted by Gasteiger charge is 2.12. The Hall–Kier alpha value is -1.37. The predicted octanol–water partition coefficient (Wildman–Crippen LogP) is 1.78. The Bertz CT molecular complexity index is 332. The third kappa shape index (κ3) is 4.01. The molecule has 1 unspecified atom stereocenters. The molecule has 0 amide bonds. The van der Waals surface area contributed by atoms with Gasteiger partial charge in [0.2, 0.25) is 0 Å². The lowest BCUT2D eigenvalue weighted by molar-refractivity contribution is 0.176. The summed E-state index contributed by atoms with van der Waals surface area (Å²) < 4.78 is 0. The summed E-state index contributed by atoms with van der Waals surface area (Å²) in [6.07, 6.45) is 0.703. The quantitative estimate of drug-likeness (QED) is 0.740. The molecule has 0 aliphatic carbocycles. The van der Waals surface area contributed by atoms with Crippen molar-refractivity contribution < 1.29 is 5.11 Å². The summed E-state index contributed by atoms with van der Waals surface area (Å²) in [4.78, 5) is 2.07. The highest BCUT2D eigenvalue weighted by Crippen LogP contribution is 2.09. The molecule has 0 saturated heterocycles. The standard InChI is InChI=1S/C13H18N2O/c1-12(7-10-16)15(9-8-14)11-13-5-3-2-4-6-13/h2-6,12,16H,7,9-11H2,1H3. The monoisotopic (exact) mass is 218 g/mol. The fourth-order valence-electron chi connectivity index (χ4n) is 1.65. The van der Waals surface area contributed by atoms with E-state index >= 15 is 0 Å². The predicted molar refractivity (Wildman–Crippen MR) is 63.6 cm³/mol. The summed E-state index contributed by atoms with van der Waals surface area (Å²) in [6, 6.07) is 12.5. The minimum absolute atomic E-state index is 0.165. The molecule has 86 valence electrons. The zero-order chi connectivity index (χ0) is 11.8. The second-order valence-corrected chi connectivity index (χ2v) is 3.91. The van der Waals surface area contributed by atoms with Gasteiger partial charge in [0, 0.05) is 19.2 Å². The van der Waals surface area contributed by atoms with E-state index in [1.165, 1.54) is 5.56 Å². The van der Waals surface area contributed by atoms with E-state index < -0.39 is 0 Å². The van der Waals surface area contributed by atoms with Gasteiger partial charge in [0.05, 0.1) is 12.6 Å². The van der Waals surface area contributed by atoms with Crippen LogP contribution in [0, 0.1) is 11.3 Å². The molecule has 16 heavy (non-hydrogen) atoms. The molecule has 1 N–H and O–H groups in total. The van der Waals surface area contributed by atoms with Crippen LogP contribution in [0.1, 0.15) is 18.9 Å². The van der Waals surface area contributed by atoms with E-state index in [0.717, 1.165) is 6.54 Å². The van der Waals surface area contributed by atoms with Crippen LogP contribution in [0.4, 0.5) is 0 Å². The van der Waals surface area contributed by atoms with Crippen LogP contribution >= 0.6 is 0 Å². The minimum Gasteiger partial charge on any atom is -0.396 e. The molecule has 0 fully saturated rings. The average molecular weight is 218 g/mol. The molecule has 1 atom stereocenters. The zero-order valence-corrected chi connectivity index (χ0v) is 9.63. The molecule has 0 saturated carbocycles. The molecular weight excluding hydrogens is 200 g/mol. The fraction of sp³-hybridized carbons (Fsp3) is 0.462. The number of rotatable bonds is 6. The molecular formula is C13H18N2O. The van der Waals surface area contributed by atoms with Crippen LogP contribution in [0.25, 0.3) is 0 Å². The van der Waals surface area contributed by atoms with Gasteiger partial charge in [0.1, 0.15) is 0 Å². The first-order valence-electron chi connectivity index (χ1n) is 5.53. The number of nitriles is 1. The van der Waals surface area contributed by atoms with Crippen LogP contribution in [0.5, 0.6) is 0 Å². The molecule has 0 heterocycles. The highest BCUT2D eigenvalue weighted by molar-refractivity contribution is 5.14. The highest BCUT2D eigenvalue weighted by atomic mass is 16.3. The molecule has 0 aliphatic rings. The Morgan fingerprint density at radius 3 is 2.62 bits per heavy atom. The molecule has 1 aromatic rings. The van der Waals surface area contributed by atoms with Gasteiger partial charge in [-0.15, -0.1) is 0 Å². The molecule has 0 aliphatic heterocycles. The number of nitrogens with zero attached hydrogens (tertiary/aromatic N) is 2. The van der Waals surface area contributed by atoms with Crippen LogP contribution < -0.4 is 0 Å². The van der Waals surface area contributed by atoms with Crippen molar-refractivity contribution in [2.75, 3.05) is 13.2 Å². The van der Waals surface area contributed by atoms with Gasteiger partial charge in [-0.25, -0.2) is 0 Å². The first-order valence-corrected chi connectivity index (χ1v) is 5.53. The Labute approximate surface area is 96.9 Å². The van der Waals surface area contributed by atoms with E-state index in [9.17, 15) is 0 Å². The van der Waals surface area contributed by atoms with Crippen molar-refractivity contribution in [1.29, 1.82) is 5.26 Å². The number of hydrogen-bond acceptors (Lipinski definition) is 3. The van der Waals surface area contributed by atoms with Crippen LogP contribution in [-0.4, -0.2) is 29.2 Å². The van der Waals surface area contributed by atoms with Gasteiger partial charge in [0.25, 0.3) is 0 Å². The maximum absolute atomic E-state index is 8.91. The number of hydrogen-bond donors (Lipinski definition) is 1. The Morgan fingerprint density at radius 1 is 1.38 bits per heavy atom. The van der Waals surface area contributed by atoms with Crippen molar-refractivity contribution in [2.24, 2.45) is 0 Å². The fourth-order valence-corrected chi connectivity index (χ4v) is 1.65. The van der Waals surface area contributed by atoms with Crippen LogP contribution in [-0.2, 0) is 6.54 Å². The lowest BCUT2D eigenvalue weighted by atomic mass is 10.1. The molecule has 1 aromatic carbocycles. The summed E-state index contributed by atoms with van der Waals surface area (Å²) in [6.45, 7) is 3.36. The van der Waals surface area contributed by atoms with Crippen molar-refractivity contribution in [3.8, 4) is 6.07 Å². The minimum atomic E-state index is 0.165. The number of benzene rings is 1. The Morgan fingerprint density at radius 2 is 2.06 bits per heavy atom. The van der Waals surface area contributed by atoms with Crippen LogP contribution in [0.3, 0.4) is 0 Å². The van der Waals surface area contributed by atoms with Crippen molar-refractivity contribution in [1.82, 2.24) is 4.90 Å². The molecule has 0 radical (unpaired) electrons. The summed E-state index contributed by atoms with van der Waals surface area (Å²) in [7, 11) is 0. The van der Waals surface area contributed by atoms with E-state index in [1.807, 2.05) is 25.1 Å². The van der Waals surface area contributed by atoms with E-state index in [4.69, 9.17) is 10.4 Å². The number of aliphatic hydroxyl groups excluding tert-OH is 1. The third-order valence-corrected chi connectivity index (χ3v) is 2.67. The third-order valence-electron chi connectivity index (χ3n) is 2.67. The molecule has 0 aromatic heterocycles. The molecule has 0 bridgehead atoms. The van der Waals surface area contributed by atoms with Gasteiger partial charge in [-0.1, -0.05) is 30.3 Å².